The zero-order chi connectivity index (χ0) is 22.5. The van der Waals surface area contributed by atoms with Crippen molar-refractivity contribution in [3.05, 3.63) is 109 Å². The van der Waals surface area contributed by atoms with Crippen LogP contribution in [0.3, 0.4) is 0 Å². The van der Waals surface area contributed by atoms with Gasteiger partial charge >= 0.3 is 0 Å². The molecule has 4 aromatic heterocycles. The largest absolute Gasteiger partial charge is 0.255 e. The molecule has 0 fully saturated rings. The first-order valence-electron chi connectivity index (χ1n) is 10.5. The Morgan fingerprint density at radius 3 is 1.91 bits per heavy atom. The molecule has 4 heterocycles. The highest BCUT2D eigenvalue weighted by atomic mass is 14.8. The molecular weight excluding hydrogens is 408 g/mol. The molecule has 0 radical (unpaired) electrons. The molecule has 33 heavy (non-hydrogen) atoms. The molecule has 5 aromatic rings. The van der Waals surface area contributed by atoms with Crippen molar-refractivity contribution in [3.63, 3.8) is 0 Å². The molecule has 0 aliphatic carbocycles. The minimum atomic E-state index is 0.856. The summed E-state index contributed by atoms with van der Waals surface area (Å²) < 4.78 is 0. The van der Waals surface area contributed by atoms with Gasteiger partial charge in [-0.1, -0.05) is 42.5 Å². The Kier molecular flexibility index (Phi) is 5.72. The number of aromatic nitrogens is 6. The van der Waals surface area contributed by atoms with E-state index in [1.54, 1.807) is 24.8 Å². The summed E-state index contributed by atoms with van der Waals surface area (Å²) in [5.41, 5.74) is 8.54. The van der Waals surface area contributed by atoms with Crippen molar-refractivity contribution in [1.82, 2.24) is 29.9 Å². The molecule has 0 N–H and O–H groups in total. The van der Waals surface area contributed by atoms with Gasteiger partial charge < -0.3 is 0 Å². The molecule has 0 bridgehead atoms. The van der Waals surface area contributed by atoms with Crippen molar-refractivity contribution in [2.24, 2.45) is 0 Å². The van der Waals surface area contributed by atoms with E-state index in [1.807, 2.05) is 37.5 Å². The van der Waals surface area contributed by atoms with Crippen LogP contribution in [-0.2, 0) is 0 Å². The van der Waals surface area contributed by atoms with Gasteiger partial charge in [-0.25, -0.2) is 19.9 Å². The van der Waals surface area contributed by atoms with Gasteiger partial charge in [0.1, 0.15) is 12.7 Å². The van der Waals surface area contributed by atoms with E-state index in [2.05, 4.69) is 56.4 Å². The summed E-state index contributed by atoms with van der Waals surface area (Å²) in [4.78, 5) is 26.0. The average Bonchev–Trinajstić information content (AvgIpc) is 2.89. The summed E-state index contributed by atoms with van der Waals surface area (Å²) in [5, 5.41) is 0. The number of pyridine rings is 2. The van der Waals surface area contributed by atoms with E-state index in [9.17, 15) is 0 Å². The molecule has 0 spiro atoms. The quantitative estimate of drug-likeness (QED) is 0.366. The Bertz CT molecular complexity index is 1400. The molecule has 0 aliphatic rings. The summed E-state index contributed by atoms with van der Waals surface area (Å²) in [7, 11) is 0. The molecule has 5 rings (SSSR count). The topological polar surface area (TPSA) is 77.3 Å². The highest BCUT2D eigenvalue weighted by molar-refractivity contribution is 5.82. The van der Waals surface area contributed by atoms with Crippen molar-refractivity contribution in [1.29, 1.82) is 0 Å². The maximum Gasteiger partial charge on any atom is 0.115 e. The summed E-state index contributed by atoms with van der Waals surface area (Å²) >= 11 is 0. The molecule has 0 atom stereocenters. The van der Waals surface area contributed by atoms with Crippen molar-refractivity contribution in [3.8, 4) is 33.6 Å². The Balaban J connectivity index is 1.59. The first kappa shape index (κ1) is 20.3. The summed E-state index contributed by atoms with van der Waals surface area (Å²) in [6.07, 6.45) is 18.0. The lowest BCUT2D eigenvalue weighted by molar-refractivity contribution is 1.15. The van der Waals surface area contributed by atoms with Gasteiger partial charge in [-0.15, -0.1) is 0 Å². The Labute approximate surface area is 191 Å². The van der Waals surface area contributed by atoms with E-state index in [-0.39, 0.29) is 0 Å². The fourth-order valence-electron chi connectivity index (χ4n) is 3.63. The summed E-state index contributed by atoms with van der Waals surface area (Å²) in [5.74, 6) is 0. The van der Waals surface area contributed by atoms with Crippen LogP contribution in [-0.4, -0.2) is 29.9 Å². The monoisotopic (exact) mass is 428 g/mol. The van der Waals surface area contributed by atoms with Gasteiger partial charge in [0.25, 0.3) is 0 Å². The number of rotatable bonds is 5. The minimum Gasteiger partial charge on any atom is -0.255 e. The van der Waals surface area contributed by atoms with E-state index in [0.717, 1.165) is 50.3 Å². The maximum atomic E-state index is 4.81. The number of hydrogen-bond acceptors (Lipinski definition) is 6. The van der Waals surface area contributed by atoms with Crippen LogP contribution in [0.25, 0.3) is 45.8 Å². The van der Waals surface area contributed by atoms with Crippen molar-refractivity contribution in [2.75, 3.05) is 0 Å². The minimum absolute atomic E-state index is 0.856. The first-order valence-corrected chi connectivity index (χ1v) is 10.5. The molecule has 6 heteroatoms. The van der Waals surface area contributed by atoms with Crippen LogP contribution in [0, 0.1) is 6.92 Å². The SMILES string of the molecule is Cc1cc(-c2ncc(-c3cncnc3)cc2/C=C/c2ccccc2)cnc1-c1cncnc1. The zero-order valence-corrected chi connectivity index (χ0v) is 18.0. The Hall–Kier alpha value is -4.58. The Morgan fingerprint density at radius 1 is 0.576 bits per heavy atom. The third-order valence-electron chi connectivity index (χ3n) is 5.25. The number of benzene rings is 1. The van der Waals surface area contributed by atoms with Gasteiger partial charge in [-0.2, -0.15) is 0 Å². The van der Waals surface area contributed by atoms with Gasteiger partial charge in [0.15, 0.2) is 0 Å². The van der Waals surface area contributed by atoms with E-state index < -0.39 is 0 Å². The smallest absolute Gasteiger partial charge is 0.115 e. The number of nitrogens with zero attached hydrogens (tertiary/aromatic N) is 6. The van der Waals surface area contributed by atoms with Crippen LogP contribution in [0.4, 0.5) is 0 Å². The van der Waals surface area contributed by atoms with E-state index in [4.69, 9.17) is 9.97 Å². The highest BCUT2D eigenvalue weighted by Gasteiger charge is 2.12. The van der Waals surface area contributed by atoms with Crippen LogP contribution in [0.1, 0.15) is 16.7 Å². The standard InChI is InChI=1S/C27H20N6/c1-19-9-23(16-32-26(19)25-13-30-18-31-14-25)27-21(8-7-20-5-3-2-4-6-20)10-22(15-33-27)24-11-28-17-29-12-24/h2-18H,1H3/b8-7+. The second-order valence-corrected chi connectivity index (χ2v) is 7.55. The van der Waals surface area contributed by atoms with Crippen LogP contribution < -0.4 is 0 Å². The zero-order valence-electron chi connectivity index (χ0n) is 18.0. The third kappa shape index (κ3) is 4.55. The Morgan fingerprint density at radius 2 is 1.21 bits per heavy atom. The fourth-order valence-corrected chi connectivity index (χ4v) is 3.63. The maximum absolute atomic E-state index is 4.81. The average molecular weight is 428 g/mol. The molecule has 1 aromatic carbocycles. The summed E-state index contributed by atoms with van der Waals surface area (Å²) in [6, 6.07) is 14.4. The molecule has 0 saturated carbocycles. The van der Waals surface area contributed by atoms with Crippen molar-refractivity contribution < 1.29 is 0 Å². The van der Waals surface area contributed by atoms with Gasteiger partial charge in [0.05, 0.1) is 11.4 Å². The number of hydrogen-bond donors (Lipinski definition) is 0. The van der Waals surface area contributed by atoms with E-state index in [1.165, 1.54) is 12.7 Å². The second-order valence-electron chi connectivity index (χ2n) is 7.55. The van der Waals surface area contributed by atoms with E-state index in [0.29, 0.717) is 0 Å². The first-order chi connectivity index (χ1) is 16.3. The van der Waals surface area contributed by atoms with Crippen molar-refractivity contribution >= 4 is 12.2 Å². The second kappa shape index (κ2) is 9.28. The predicted octanol–water partition coefficient (Wildman–Crippen LogP) is 5.54. The lowest BCUT2D eigenvalue weighted by Crippen LogP contribution is -1.95. The molecule has 6 nitrogen and oxygen atoms in total. The van der Waals surface area contributed by atoms with Gasteiger partial charge in [0.2, 0.25) is 0 Å². The number of aryl methyl sites for hydroxylation is 1. The highest BCUT2D eigenvalue weighted by Crippen LogP contribution is 2.30. The lowest BCUT2D eigenvalue weighted by atomic mass is 10.00. The van der Waals surface area contributed by atoms with Crippen LogP contribution in [0.15, 0.2) is 92.3 Å². The van der Waals surface area contributed by atoms with Gasteiger partial charge in [0, 0.05) is 65.0 Å². The van der Waals surface area contributed by atoms with Crippen LogP contribution in [0.2, 0.25) is 0 Å². The van der Waals surface area contributed by atoms with Crippen molar-refractivity contribution in [2.45, 2.75) is 6.92 Å². The molecule has 0 aliphatic heterocycles. The fraction of sp³-hybridized carbons (Fsp3) is 0.0370. The lowest BCUT2D eigenvalue weighted by Gasteiger charge is -2.11. The van der Waals surface area contributed by atoms with E-state index >= 15 is 0 Å². The van der Waals surface area contributed by atoms with Gasteiger partial charge in [-0.05, 0) is 30.2 Å². The molecule has 0 saturated heterocycles. The van der Waals surface area contributed by atoms with Crippen LogP contribution in [0.5, 0.6) is 0 Å². The normalized spacial score (nSPS) is 11.1. The molecule has 0 unspecified atom stereocenters. The molecule has 0 amide bonds. The third-order valence-corrected chi connectivity index (χ3v) is 5.25. The predicted molar refractivity (Wildman–Crippen MR) is 130 cm³/mol. The van der Waals surface area contributed by atoms with Gasteiger partial charge in [-0.3, -0.25) is 9.97 Å². The van der Waals surface area contributed by atoms with Crippen LogP contribution >= 0.6 is 0 Å². The molecule has 158 valence electrons. The molecular formula is C27H20N6. The summed E-state index contributed by atoms with van der Waals surface area (Å²) in [6.45, 7) is 2.04.